The summed E-state index contributed by atoms with van der Waals surface area (Å²) in [4.78, 5) is 22.9. The summed E-state index contributed by atoms with van der Waals surface area (Å²) < 4.78 is 27.7. The number of rotatable bonds is 4. The third-order valence-corrected chi connectivity index (χ3v) is 4.54. The molecule has 0 bridgehead atoms. The predicted octanol–water partition coefficient (Wildman–Crippen LogP) is 0.106. The number of hydrogen-bond acceptors (Lipinski definition) is 6. The molecule has 1 heterocycles. The molecule has 4 N–H and O–H groups in total. The van der Waals surface area contributed by atoms with Crippen LogP contribution in [-0.2, 0) is 14.8 Å². The summed E-state index contributed by atoms with van der Waals surface area (Å²) in [6.45, 7) is 0. The summed E-state index contributed by atoms with van der Waals surface area (Å²) in [6.07, 6.45) is 0. The first-order valence-electron chi connectivity index (χ1n) is 5.76. The average Bonchev–Trinajstić information content (AvgIpc) is 2.84. The second-order valence-corrected chi connectivity index (χ2v) is 6.75. The van der Waals surface area contributed by atoms with E-state index in [1.807, 2.05) is 0 Å². The van der Waals surface area contributed by atoms with E-state index in [2.05, 4.69) is 10.6 Å². The molecule has 2 rings (SSSR count). The van der Waals surface area contributed by atoms with Crippen molar-refractivity contribution >= 4 is 38.6 Å². The van der Waals surface area contributed by atoms with Crippen molar-refractivity contribution < 1.29 is 22.7 Å². The Morgan fingerprint density at radius 1 is 1.52 bits per heavy atom. The van der Waals surface area contributed by atoms with Crippen LogP contribution in [0.5, 0.6) is 5.75 Å². The van der Waals surface area contributed by atoms with Gasteiger partial charge in [-0.1, -0.05) is 11.8 Å². The van der Waals surface area contributed by atoms with E-state index in [1.54, 1.807) is 0 Å². The van der Waals surface area contributed by atoms with E-state index in [0.717, 1.165) is 11.8 Å². The van der Waals surface area contributed by atoms with Gasteiger partial charge in [0.2, 0.25) is 15.9 Å². The van der Waals surface area contributed by atoms with Crippen molar-refractivity contribution in [2.45, 2.75) is 10.9 Å². The first-order chi connectivity index (χ1) is 9.81. The summed E-state index contributed by atoms with van der Waals surface area (Å²) in [7, 11) is -2.51. The molecule has 0 saturated carbocycles. The number of methoxy groups -OCH3 is 1. The zero-order chi connectivity index (χ0) is 15.6. The monoisotopic (exact) mass is 331 g/mol. The first-order valence-corrected chi connectivity index (χ1v) is 8.29. The van der Waals surface area contributed by atoms with Crippen LogP contribution in [0.25, 0.3) is 0 Å². The number of amides is 2. The highest BCUT2D eigenvalue weighted by Gasteiger charge is 2.28. The summed E-state index contributed by atoms with van der Waals surface area (Å²) in [5.41, 5.74) is 0.167. The van der Waals surface area contributed by atoms with Gasteiger partial charge in [-0.15, -0.1) is 0 Å². The van der Waals surface area contributed by atoms with Crippen molar-refractivity contribution in [3.63, 3.8) is 0 Å². The Kier molecular flexibility index (Phi) is 4.40. The van der Waals surface area contributed by atoms with Gasteiger partial charge in [-0.05, 0) is 18.2 Å². The minimum atomic E-state index is -3.89. The van der Waals surface area contributed by atoms with E-state index >= 15 is 0 Å². The van der Waals surface area contributed by atoms with Crippen molar-refractivity contribution in [1.29, 1.82) is 0 Å². The lowest BCUT2D eigenvalue weighted by Crippen LogP contribution is -2.38. The third kappa shape index (κ3) is 3.65. The van der Waals surface area contributed by atoms with Gasteiger partial charge in [0.05, 0.1) is 17.7 Å². The molecular weight excluding hydrogens is 318 g/mol. The molecule has 8 nitrogen and oxygen atoms in total. The van der Waals surface area contributed by atoms with E-state index in [-0.39, 0.29) is 21.6 Å². The highest BCUT2D eigenvalue weighted by atomic mass is 32.2. The highest BCUT2D eigenvalue weighted by molar-refractivity contribution is 8.14. The largest absolute Gasteiger partial charge is 0.495 e. The van der Waals surface area contributed by atoms with E-state index in [9.17, 15) is 18.0 Å². The standard InChI is InChI=1S/C11H13N3O5S2/c1-19-9-3-2-6(21(12,17)18)4-7(9)13-10(15)8-5-20-11(16)14-8/h2-4,8H,5H2,1H3,(H,13,15)(H,14,16)(H2,12,17,18). The van der Waals surface area contributed by atoms with Crippen LogP contribution in [0.1, 0.15) is 0 Å². The molecule has 0 aliphatic carbocycles. The normalized spacial score (nSPS) is 18.2. The lowest BCUT2D eigenvalue weighted by molar-refractivity contribution is -0.117. The number of nitrogens with two attached hydrogens (primary N) is 1. The van der Waals surface area contributed by atoms with Crippen molar-refractivity contribution in [3.8, 4) is 5.75 Å². The number of thioether (sulfide) groups is 1. The third-order valence-electron chi connectivity index (χ3n) is 2.75. The van der Waals surface area contributed by atoms with Crippen molar-refractivity contribution in [1.82, 2.24) is 5.32 Å². The van der Waals surface area contributed by atoms with Crippen LogP contribution in [-0.4, -0.2) is 38.5 Å². The average molecular weight is 331 g/mol. The van der Waals surface area contributed by atoms with Crippen molar-refractivity contribution in [2.75, 3.05) is 18.2 Å². The number of ether oxygens (including phenoxy) is 1. The van der Waals surface area contributed by atoms with Crippen LogP contribution in [0.2, 0.25) is 0 Å². The lowest BCUT2D eigenvalue weighted by atomic mass is 10.2. The molecule has 1 aromatic carbocycles. The summed E-state index contributed by atoms with van der Waals surface area (Å²) >= 11 is 1.00. The van der Waals surface area contributed by atoms with Crippen LogP contribution < -0.4 is 20.5 Å². The maximum absolute atomic E-state index is 12.0. The quantitative estimate of drug-likeness (QED) is 0.718. The van der Waals surface area contributed by atoms with Gasteiger partial charge in [0.25, 0.3) is 5.24 Å². The van der Waals surface area contributed by atoms with Gasteiger partial charge in [0.1, 0.15) is 11.8 Å². The predicted molar refractivity (Wildman–Crippen MR) is 77.8 cm³/mol. The van der Waals surface area contributed by atoms with Gasteiger partial charge in [0.15, 0.2) is 0 Å². The molecule has 0 radical (unpaired) electrons. The highest BCUT2D eigenvalue weighted by Crippen LogP contribution is 2.27. The second kappa shape index (κ2) is 5.92. The van der Waals surface area contributed by atoms with Gasteiger partial charge in [-0.2, -0.15) is 0 Å². The molecule has 10 heteroatoms. The van der Waals surface area contributed by atoms with E-state index in [0.29, 0.717) is 5.75 Å². The molecule has 1 unspecified atom stereocenters. The minimum absolute atomic E-state index is 0.150. The second-order valence-electron chi connectivity index (χ2n) is 4.19. The number of nitrogens with one attached hydrogen (secondary N) is 2. The van der Waals surface area contributed by atoms with Crippen LogP contribution in [0, 0.1) is 0 Å². The fourth-order valence-electron chi connectivity index (χ4n) is 1.71. The Morgan fingerprint density at radius 2 is 2.24 bits per heavy atom. The number of primary sulfonamides is 1. The Hall–Kier alpha value is -1.78. The van der Waals surface area contributed by atoms with Gasteiger partial charge in [-0.25, -0.2) is 13.6 Å². The minimum Gasteiger partial charge on any atom is -0.495 e. The maximum Gasteiger partial charge on any atom is 0.279 e. The molecule has 1 fully saturated rings. The summed E-state index contributed by atoms with van der Waals surface area (Å²) in [6, 6.07) is 3.19. The van der Waals surface area contributed by atoms with Gasteiger partial charge in [0, 0.05) is 5.75 Å². The Morgan fingerprint density at radius 3 is 2.76 bits per heavy atom. The molecule has 1 atom stereocenters. The number of carbonyl (C=O) groups excluding carboxylic acids is 2. The van der Waals surface area contributed by atoms with Crippen LogP contribution in [0.3, 0.4) is 0 Å². The number of hydrogen-bond donors (Lipinski definition) is 3. The molecule has 21 heavy (non-hydrogen) atoms. The smallest absolute Gasteiger partial charge is 0.279 e. The van der Waals surface area contributed by atoms with Crippen LogP contribution >= 0.6 is 11.8 Å². The fourth-order valence-corrected chi connectivity index (χ4v) is 3.03. The van der Waals surface area contributed by atoms with Crippen LogP contribution in [0.4, 0.5) is 10.5 Å². The summed E-state index contributed by atoms with van der Waals surface area (Å²) in [5, 5.41) is 9.78. The SMILES string of the molecule is COc1ccc(S(N)(=O)=O)cc1NC(=O)C1CSC(=O)N1. The molecular formula is C11H13N3O5S2. The number of benzene rings is 1. The van der Waals surface area contributed by atoms with Gasteiger partial charge in [-0.3, -0.25) is 9.59 Å². The molecule has 1 aliphatic rings. The zero-order valence-electron chi connectivity index (χ0n) is 11.0. The molecule has 1 aliphatic heterocycles. The van der Waals surface area contributed by atoms with Gasteiger partial charge >= 0.3 is 0 Å². The maximum atomic E-state index is 12.0. The number of carbonyl (C=O) groups is 2. The molecule has 0 aromatic heterocycles. The molecule has 114 valence electrons. The Balaban J connectivity index is 2.25. The molecule has 2 amide bonds. The Labute approximate surface area is 125 Å². The fraction of sp³-hybridized carbons (Fsp3) is 0.273. The first kappa shape index (κ1) is 15.6. The van der Waals surface area contributed by atoms with Crippen molar-refractivity contribution in [2.24, 2.45) is 5.14 Å². The zero-order valence-corrected chi connectivity index (χ0v) is 12.6. The van der Waals surface area contributed by atoms with E-state index in [4.69, 9.17) is 9.88 Å². The number of anilines is 1. The topological polar surface area (TPSA) is 128 Å². The summed E-state index contributed by atoms with van der Waals surface area (Å²) in [5.74, 6) is 0.132. The molecule has 1 aromatic rings. The van der Waals surface area contributed by atoms with Crippen LogP contribution in [0.15, 0.2) is 23.1 Å². The number of sulfonamides is 1. The van der Waals surface area contributed by atoms with Gasteiger partial charge < -0.3 is 15.4 Å². The van der Waals surface area contributed by atoms with Crippen molar-refractivity contribution in [3.05, 3.63) is 18.2 Å². The molecule has 0 spiro atoms. The van der Waals surface area contributed by atoms with E-state index in [1.165, 1.54) is 25.3 Å². The Bertz CT molecular complexity index is 689. The lowest BCUT2D eigenvalue weighted by Gasteiger charge is -2.14. The molecule has 1 saturated heterocycles. The van der Waals surface area contributed by atoms with E-state index < -0.39 is 22.0 Å².